The summed E-state index contributed by atoms with van der Waals surface area (Å²) in [6, 6.07) is 1.35. The third kappa shape index (κ3) is 1.51. The van der Waals surface area contributed by atoms with Gasteiger partial charge in [-0.1, -0.05) is 0 Å². The number of nitrogens with two attached hydrogens (primary N) is 1. The Balaban J connectivity index is 3.24. The lowest BCUT2D eigenvalue weighted by Crippen LogP contribution is -2.02. The summed E-state index contributed by atoms with van der Waals surface area (Å²) in [5.74, 6) is -3.09. The van der Waals surface area contributed by atoms with Crippen molar-refractivity contribution in [3.05, 3.63) is 35.1 Å². The third-order valence-electron chi connectivity index (χ3n) is 1.29. The SMILES string of the molecule is NCc1cc(F)cc(F)c1F. The fourth-order valence-electron chi connectivity index (χ4n) is 0.758. The van der Waals surface area contributed by atoms with Crippen LogP contribution in [0.3, 0.4) is 0 Å². The van der Waals surface area contributed by atoms with Crippen molar-refractivity contribution >= 4 is 0 Å². The predicted molar refractivity (Wildman–Crippen MR) is 34.2 cm³/mol. The lowest BCUT2D eigenvalue weighted by atomic mass is 10.2. The molecular weight excluding hydrogens is 155 g/mol. The summed E-state index contributed by atoms with van der Waals surface area (Å²) < 4.78 is 37.2. The number of benzene rings is 1. The highest BCUT2D eigenvalue weighted by Gasteiger charge is 2.08. The summed E-state index contributed by atoms with van der Waals surface area (Å²) in [7, 11) is 0. The maximum absolute atomic E-state index is 12.6. The molecule has 0 radical (unpaired) electrons. The summed E-state index contributed by atoms with van der Waals surface area (Å²) in [6.07, 6.45) is 0. The number of rotatable bonds is 1. The molecule has 0 unspecified atom stereocenters. The molecule has 0 spiro atoms. The Labute approximate surface area is 61.6 Å². The number of hydrogen-bond donors (Lipinski definition) is 1. The highest BCUT2D eigenvalue weighted by atomic mass is 19.2. The van der Waals surface area contributed by atoms with Crippen molar-refractivity contribution in [1.82, 2.24) is 0 Å². The first-order valence-corrected chi connectivity index (χ1v) is 2.98. The molecule has 1 rings (SSSR count). The van der Waals surface area contributed by atoms with E-state index in [1.165, 1.54) is 0 Å². The fraction of sp³-hybridized carbons (Fsp3) is 0.143. The predicted octanol–water partition coefficient (Wildman–Crippen LogP) is 1.56. The molecule has 0 aliphatic carbocycles. The van der Waals surface area contributed by atoms with Crippen molar-refractivity contribution in [3.63, 3.8) is 0 Å². The number of hydrogen-bond acceptors (Lipinski definition) is 1. The molecule has 60 valence electrons. The molecule has 0 amide bonds. The van der Waals surface area contributed by atoms with Gasteiger partial charge in [0.2, 0.25) is 0 Å². The zero-order valence-electron chi connectivity index (χ0n) is 5.57. The highest BCUT2D eigenvalue weighted by molar-refractivity contribution is 5.19. The summed E-state index contributed by atoms with van der Waals surface area (Å²) in [4.78, 5) is 0. The molecule has 2 N–H and O–H groups in total. The van der Waals surface area contributed by atoms with E-state index < -0.39 is 17.5 Å². The molecule has 0 saturated carbocycles. The Kier molecular flexibility index (Phi) is 2.14. The second kappa shape index (κ2) is 2.92. The molecule has 1 nitrogen and oxygen atoms in total. The van der Waals surface area contributed by atoms with Gasteiger partial charge in [0.05, 0.1) is 0 Å². The standard InChI is InChI=1S/C7H6F3N/c8-5-1-4(3-11)7(10)6(9)2-5/h1-2H,3,11H2. The smallest absolute Gasteiger partial charge is 0.163 e. The zero-order chi connectivity index (χ0) is 8.43. The average Bonchev–Trinajstić information content (AvgIpc) is 1.96. The van der Waals surface area contributed by atoms with Crippen LogP contribution >= 0.6 is 0 Å². The first-order chi connectivity index (χ1) is 5.15. The molecule has 0 saturated heterocycles. The van der Waals surface area contributed by atoms with Gasteiger partial charge >= 0.3 is 0 Å². The molecule has 0 aromatic heterocycles. The van der Waals surface area contributed by atoms with Crippen molar-refractivity contribution < 1.29 is 13.2 Å². The molecule has 11 heavy (non-hydrogen) atoms. The van der Waals surface area contributed by atoms with Gasteiger partial charge in [-0.25, -0.2) is 13.2 Å². The van der Waals surface area contributed by atoms with Crippen LogP contribution in [0.15, 0.2) is 12.1 Å². The summed E-state index contributed by atoms with van der Waals surface area (Å²) in [5, 5.41) is 0. The van der Waals surface area contributed by atoms with E-state index in [0.29, 0.717) is 6.07 Å². The minimum atomic E-state index is -1.20. The van der Waals surface area contributed by atoms with Gasteiger partial charge in [-0.15, -0.1) is 0 Å². The molecule has 1 aromatic carbocycles. The van der Waals surface area contributed by atoms with E-state index in [9.17, 15) is 13.2 Å². The molecule has 0 aliphatic rings. The second-order valence-electron chi connectivity index (χ2n) is 2.06. The zero-order valence-corrected chi connectivity index (χ0v) is 5.57. The van der Waals surface area contributed by atoms with Gasteiger partial charge in [0.25, 0.3) is 0 Å². The van der Waals surface area contributed by atoms with E-state index in [1.807, 2.05) is 0 Å². The Bertz CT molecular complexity index is 273. The van der Waals surface area contributed by atoms with Crippen LogP contribution in [-0.2, 0) is 6.54 Å². The van der Waals surface area contributed by atoms with E-state index in [4.69, 9.17) is 5.73 Å². The quantitative estimate of drug-likeness (QED) is 0.621. The summed E-state index contributed by atoms with van der Waals surface area (Å²) >= 11 is 0. The molecule has 1 aromatic rings. The van der Waals surface area contributed by atoms with Crippen molar-refractivity contribution in [3.8, 4) is 0 Å². The van der Waals surface area contributed by atoms with Gasteiger partial charge in [0.15, 0.2) is 11.6 Å². The second-order valence-corrected chi connectivity index (χ2v) is 2.06. The van der Waals surface area contributed by atoms with Crippen LogP contribution in [0.5, 0.6) is 0 Å². The van der Waals surface area contributed by atoms with Crippen LogP contribution < -0.4 is 5.73 Å². The van der Waals surface area contributed by atoms with Crippen molar-refractivity contribution in [2.75, 3.05) is 0 Å². The molecule has 0 bridgehead atoms. The lowest BCUT2D eigenvalue weighted by molar-refractivity contribution is 0.485. The average molecular weight is 161 g/mol. The normalized spacial score (nSPS) is 10.2. The summed E-state index contributed by atoms with van der Waals surface area (Å²) in [5.41, 5.74) is 4.86. The number of halogens is 3. The monoisotopic (exact) mass is 161 g/mol. The molecular formula is C7H6F3N. The maximum atomic E-state index is 12.6. The van der Waals surface area contributed by atoms with Crippen LogP contribution in [0.4, 0.5) is 13.2 Å². The molecule has 0 atom stereocenters. The fourth-order valence-corrected chi connectivity index (χ4v) is 0.758. The molecule has 4 heteroatoms. The van der Waals surface area contributed by atoms with E-state index in [1.54, 1.807) is 0 Å². The van der Waals surface area contributed by atoms with E-state index in [2.05, 4.69) is 0 Å². The van der Waals surface area contributed by atoms with Crippen LogP contribution in [0.2, 0.25) is 0 Å². The minimum absolute atomic E-state index is 0.150. The van der Waals surface area contributed by atoms with E-state index >= 15 is 0 Å². The first kappa shape index (κ1) is 8.07. The third-order valence-corrected chi connectivity index (χ3v) is 1.29. The first-order valence-electron chi connectivity index (χ1n) is 2.98. The molecule has 0 heterocycles. The van der Waals surface area contributed by atoms with Crippen molar-refractivity contribution in [2.24, 2.45) is 5.73 Å². The van der Waals surface area contributed by atoms with Gasteiger partial charge in [-0.05, 0) is 6.07 Å². The van der Waals surface area contributed by atoms with Crippen LogP contribution in [-0.4, -0.2) is 0 Å². The van der Waals surface area contributed by atoms with E-state index in [-0.39, 0.29) is 12.1 Å². The van der Waals surface area contributed by atoms with E-state index in [0.717, 1.165) is 6.07 Å². The minimum Gasteiger partial charge on any atom is -0.326 e. The Morgan fingerprint density at radius 3 is 2.36 bits per heavy atom. The Hall–Kier alpha value is -1.03. The van der Waals surface area contributed by atoms with Crippen LogP contribution in [0.1, 0.15) is 5.56 Å². The molecule has 0 aliphatic heterocycles. The van der Waals surface area contributed by atoms with Gasteiger partial charge < -0.3 is 5.73 Å². The van der Waals surface area contributed by atoms with Gasteiger partial charge in [0, 0.05) is 18.2 Å². The van der Waals surface area contributed by atoms with Gasteiger partial charge in [0.1, 0.15) is 5.82 Å². The molecule has 0 fully saturated rings. The lowest BCUT2D eigenvalue weighted by Gasteiger charge is -1.99. The topological polar surface area (TPSA) is 26.0 Å². The van der Waals surface area contributed by atoms with Gasteiger partial charge in [-0.3, -0.25) is 0 Å². The highest BCUT2D eigenvalue weighted by Crippen LogP contribution is 2.12. The summed E-state index contributed by atoms with van der Waals surface area (Å²) in [6.45, 7) is -0.208. The van der Waals surface area contributed by atoms with Crippen molar-refractivity contribution in [2.45, 2.75) is 6.54 Å². The Morgan fingerprint density at radius 1 is 1.18 bits per heavy atom. The largest absolute Gasteiger partial charge is 0.326 e. The van der Waals surface area contributed by atoms with Gasteiger partial charge in [-0.2, -0.15) is 0 Å². The van der Waals surface area contributed by atoms with Crippen molar-refractivity contribution in [1.29, 1.82) is 0 Å². The van der Waals surface area contributed by atoms with Crippen LogP contribution in [0, 0.1) is 17.5 Å². The van der Waals surface area contributed by atoms with Crippen LogP contribution in [0.25, 0.3) is 0 Å². The maximum Gasteiger partial charge on any atom is 0.163 e. The Morgan fingerprint density at radius 2 is 1.82 bits per heavy atom.